The van der Waals surface area contributed by atoms with Crippen LogP contribution in [0.25, 0.3) is 0 Å². The highest BCUT2D eigenvalue weighted by Crippen LogP contribution is 2.50. The molecule has 2 heteroatoms. The van der Waals surface area contributed by atoms with Crippen molar-refractivity contribution in [3.63, 3.8) is 0 Å². The van der Waals surface area contributed by atoms with Crippen molar-refractivity contribution in [1.29, 1.82) is 0 Å². The van der Waals surface area contributed by atoms with Crippen LogP contribution in [0, 0.1) is 5.41 Å². The monoisotopic (exact) mass is 182 g/mol. The quantitative estimate of drug-likeness (QED) is 0.703. The van der Waals surface area contributed by atoms with E-state index in [2.05, 4.69) is 18.7 Å². The fourth-order valence-corrected chi connectivity index (χ4v) is 2.36. The maximum Gasteiger partial charge on any atom is 0.0121 e. The molecule has 0 aromatic rings. The average Bonchev–Trinajstić information content (AvgIpc) is 2.85. The summed E-state index contributed by atoms with van der Waals surface area (Å²) in [6, 6.07) is 1.25. The first-order chi connectivity index (χ1) is 6.12. The van der Waals surface area contributed by atoms with E-state index in [9.17, 15) is 0 Å². The van der Waals surface area contributed by atoms with Gasteiger partial charge in [-0.1, -0.05) is 6.92 Å². The summed E-state index contributed by atoms with van der Waals surface area (Å²) in [7, 11) is 0. The molecule has 1 atom stereocenters. The minimum Gasteiger partial charge on any atom is -0.328 e. The Morgan fingerprint density at radius 3 is 2.31 bits per heavy atom. The lowest BCUT2D eigenvalue weighted by molar-refractivity contribution is 0.117. The Morgan fingerprint density at radius 2 is 1.85 bits per heavy atom. The van der Waals surface area contributed by atoms with Crippen molar-refractivity contribution < 1.29 is 0 Å². The maximum atomic E-state index is 5.90. The van der Waals surface area contributed by atoms with Gasteiger partial charge < -0.3 is 10.6 Å². The molecule has 1 saturated heterocycles. The normalized spacial score (nSPS) is 31.6. The van der Waals surface area contributed by atoms with Crippen LogP contribution in [0.5, 0.6) is 0 Å². The van der Waals surface area contributed by atoms with Gasteiger partial charge in [0.2, 0.25) is 0 Å². The van der Waals surface area contributed by atoms with Gasteiger partial charge in [-0.25, -0.2) is 0 Å². The highest BCUT2D eigenvalue weighted by atomic mass is 15.2. The minimum absolute atomic E-state index is 0.468. The minimum atomic E-state index is 0.468. The highest BCUT2D eigenvalue weighted by Gasteiger charge is 2.45. The Balaban J connectivity index is 1.87. The van der Waals surface area contributed by atoms with Crippen LogP contribution < -0.4 is 5.73 Å². The van der Waals surface area contributed by atoms with Gasteiger partial charge in [-0.05, 0) is 51.1 Å². The molecule has 1 saturated carbocycles. The molecule has 2 nitrogen and oxygen atoms in total. The van der Waals surface area contributed by atoms with E-state index in [0.717, 1.165) is 6.04 Å². The molecule has 0 amide bonds. The molecule has 0 spiro atoms. The van der Waals surface area contributed by atoms with Gasteiger partial charge in [0.05, 0.1) is 0 Å². The largest absolute Gasteiger partial charge is 0.328 e. The summed E-state index contributed by atoms with van der Waals surface area (Å²) in [6.45, 7) is 7.26. The molecule has 2 fully saturated rings. The van der Waals surface area contributed by atoms with Crippen molar-refractivity contribution >= 4 is 0 Å². The maximum absolute atomic E-state index is 5.90. The molecule has 0 aromatic carbocycles. The highest BCUT2D eigenvalue weighted by molar-refractivity contribution is 4.98. The Morgan fingerprint density at radius 1 is 1.31 bits per heavy atom. The summed E-state index contributed by atoms with van der Waals surface area (Å²) in [4.78, 5) is 2.64. The van der Waals surface area contributed by atoms with Gasteiger partial charge in [-0.2, -0.15) is 0 Å². The molecular formula is C11H22N2. The van der Waals surface area contributed by atoms with Gasteiger partial charge in [0.1, 0.15) is 0 Å². The molecule has 0 aromatic heterocycles. The van der Waals surface area contributed by atoms with E-state index in [4.69, 9.17) is 5.73 Å². The second kappa shape index (κ2) is 3.25. The van der Waals surface area contributed by atoms with Gasteiger partial charge in [0.15, 0.2) is 0 Å². The van der Waals surface area contributed by atoms with Gasteiger partial charge in [0.25, 0.3) is 0 Å². The van der Waals surface area contributed by atoms with Gasteiger partial charge in [-0.3, -0.25) is 0 Å². The van der Waals surface area contributed by atoms with Gasteiger partial charge >= 0.3 is 0 Å². The third kappa shape index (κ3) is 1.89. The summed E-state index contributed by atoms with van der Waals surface area (Å²) in [5.74, 6) is 0. The number of likely N-dealkylation sites (tertiary alicyclic amines) is 1. The second-order valence-corrected chi connectivity index (χ2v) is 5.20. The zero-order valence-corrected chi connectivity index (χ0v) is 8.92. The molecule has 76 valence electrons. The van der Waals surface area contributed by atoms with Gasteiger partial charge in [-0.15, -0.1) is 0 Å². The third-order valence-corrected chi connectivity index (χ3v) is 4.17. The van der Waals surface area contributed by atoms with Gasteiger partial charge in [0, 0.05) is 12.1 Å². The van der Waals surface area contributed by atoms with E-state index >= 15 is 0 Å². The molecule has 2 rings (SSSR count). The molecular weight excluding hydrogens is 160 g/mol. The number of hydrogen-bond donors (Lipinski definition) is 1. The molecule has 1 aliphatic heterocycles. The standard InChI is InChI=1S/C11H22N2/c1-9(11(2)5-6-11)13-7-3-10(12)4-8-13/h9-10H,3-8,12H2,1-2H3. The number of piperidine rings is 1. The van der Waals surface area contributed by atoms with E-state index in [1.54, 1.807) is 0 Å². The lowest BCUT2D eigenvalue weighted by Crippen LogP contribution is -2.46. The van der Waals surface area contributed by atoms with Crippen LogP contribution in [0.3, 0.4) is 0 Å². The molecule has 1 unspecified atom stereocenters. The molecule has 0 bridgehead atoms. The van der Waals surface area contributed by atoms with Crippen molar-refractivity contribution in [3.05, 3.63) is 0 Å². The van der Waals surface area contributed by atoms with Crippen molar-refractivity contribution in [2.75, 3.05) is 13.1 Å². The summed E-state index contributed by atoms with van der Waals surface area (Å²) >= 11 is 0. The van der Waals surface area contributed by atoms with E-state index in [-0.39, 0.29) is 0 Å². The first-order valence-corrected chi connectivity index (χ1v) is 5.61. The van der Waals surface area contributed by atoms with Crippen molar-refractivity contribution in [2.45, 2.75) is 51.6 Å². The van der Waals surface area contributed by atoms with E-state index in [1.807, 2.05) is 0 Å². The molecule has 13 heavy (non-hydrogen) atoms. The molecule has 1 heterocycles. The Labute approximate surface area is 81.5 Å². The molecule has 1 aliphatic carbocycles. The number of nitrogens with zero attached hydrogens (tertiary/aromatic N) is 1. The summed E-state index contributed by atoms with van der Waals surface area (Å²) in [6.07, 6.45) is 5.24. The lowest BCUT2D eigenvalue weighted by Gasteiger charge is -2.38. The van der Waals surface area contributed by atoms with Crippen LogP contribution in [-0.2, 0) is 0 Å². The van der Waals surface area contributed by atoms with Crippen LogP contribution in [-0.4, -0.2) is 30.1 Å². The molecule has 2 N–H and O–H groups in total. The lowest BCUT2D eigenvalue weighted by atomic mass is 9.95. The SMILES string of the molecule is CC(N1CCC(N)CC1)C1(C)CC1. The van der Waals surface area contributed by atoms with E-state index in [1.165, 1.54) is 38.8 Å². The Hall–Kier alpha value is -0.0800. The van der Waals surface area contributed by atoms with Crippen LogP contribution >= 0.6 is 0 Å². The number of rotatable bonds is 2. The second-order valence-electron chi connectivity index (χ2n) is 5.20. The van der Waals surface area contributed by atoms with Crippen molar-refractivity contribution in [2.24, 2.45) is 11.1 Å². The zero-order valence-electron chi connectivity index (χ0n) is 8.92. The van der Waals surface area contributed by atoms with Crippen molar-refractivity contribution in [1.82, 2.24) is 4.90 Å². The van der Waals surface area contributed by atoms with Crippen LogP contribution in [0.1, 0.15) is 39.5 Å². The van der Waals surface area contributed by atoms with Crippen LogP contribution in [0.4, 0.5) is 0 Å². The fourth-order valence-electron chi connectivity index (χ4n) is 2.36. The van der Waals surface area contributed by atoms with E-state index < -0.39 is 0 Å². The first kappa shape index (κ1) is 9.47. The zero-order chi connectivity index (χ0) is 9.47. The topological polar surface area (TPSA) is 29.3 Å². The Kier molecular flexibility index (Phi) is 2.37. The predicted molar refractivity (Wildman–Crippen MR) is 55.6 cm³/mol. The predicted octanol–water partition coefficient (Wildman–Crippen LogP) is 1.60. The Bertz CT molecular complexity index is 179. The average molecular weight is 182 g/mol. The summed E-state index contributed by atoms with van der Waals surface area (Å²) in [5.41, 5.74) is 6.54. The fraction of sp³-hybridized carbons (Fsp3) is 1.00. The van der Waals surface area contributed by atoms with Crippen molar-refractivity contribution in [3.8, 4) is 0 Å². The number of hydrogen-bond acceptors (Lipinski definition) is 2. The third-order valence-electron chi connectivity index (χ3n) is 4.17. The first-order valence-electron chi connectivity index (χ1n) is 5.61. The summed E-state index contributed by atoms with van der Waals surface area (Å²) in [5, 5.41) is 0. The van der Waals surface area contributed by atoms with E-state index in [0.29, 0.717) is 11.5 Å². The summed E-state index contributed by atoms with van der Waals surface area (Å²) < 4.78 is 0. The molecule has 2 aliphatic rings. The van der Waals surface area contributed by atoms with Crippen LogP contribution in [0.2, 0.25) is 0 Å². The molecule has 0 radical (unpaired) electrons. The number of nitrogens with two attached hydrogens (primary N) is 1. The smallest absolute Gasteiger partial charge is 0.0121 e. The van der Waals surface area contributed by atoms with Crippen LogP contribution in [0.15, 0.2) is 0 Å².